The lowest BCUT2D eigenvalue weighted by Crippen LogP contribution is -2.54. The highest BCUT2D eigenvalue weighted by atomic mass is 32.2. The minimum atomic E-state index is -3.75. The first-order chi connectivity index (χ1) is 7.34. The molecule has 0 saturated carbocycles. The monoisotopic (exact) mass is 251 g/mol. The summed E-state index contributed by atoms with van der Waals surface area (Å²) in [4.78, 5) is 13.2. The first-order valence-electron chi connectivity index (χ1n) is 5.04. The van der Waals surface area contributed by atoms with Gasteiger partial charge in [-0.25, -0.2) is 5.01 Å². The average molecular weight is 251 g/mol. The van der Waals surface area contributed by atoms with Crippen molar-refractivity contribution in [2.45, 2.75) is 25.3 Å². The Morgan fingerprint density at radius 1 is 1.44 bits per heavy atom. The molecule has 0 radical (unpaired) electrons. The number of nitrogens with one attached hydrogen (secondary N) is 1. The van der Waals surface area contributed by atoms with Crippen LogP contribution in [0, 0.1) is 0 Å². The molecular formula is C8H17N3O4S. The van der Waals surface area contributed by atoms with Gasteiger partial charge in [-0.15, -0.1) is 4.83 Å². The summed E-state index contributed by atoms with van der Waals surface area (Å²) in [7, 11) is -0.670. The van der Waals surface area contributed by atoms with E-state index in [0.717, 1.165) is 10.7 Å². The molecule has 1 rings (SSSR count). The van der Waals surface area contributed by atoms with Gasteiger partial charge in [-0.2, -0.15) is 12.7 Å². The van der Waals surface area contributed by atoms with Crippen molar-refractivity contribution in [2.24, 2.45) is 0 Å². The summed E-state index contributed by atoms with van der Waals surface area (Å²) in [5.41, 5.74) is 0. The van der Waals surface area contributed by atoms with Crippen molar-refractivity contribution in [3.05, 3.63) is 0 Å². The van der Waals surface area contributed by atoms with E-state index in [-0.39, 0.29) is 6.54 Å². The largest absolute Gasteiger partial charge is 0.480 e. The minimum Gasteiger partial charge on any atom is -0.480 e. The zero-order valence-corrected chi connectivity index (χ0v) is 10.2. The predicted molar refractivity (Wildman–Crippen MR) is 57.7 cm³/mol. The van der Waals surface area contributed by atoms with Crippen LogP contribution in [0.3, 0.4) is 0 Å². The zero-order valence-electron chi connectivity index (χ0n) is 9.38. The van der Waals surface area contributed by atoms with Crippen molar-refractivity contribution >= 4 is 16.2 Å². The van der Waals surface area contributed by atoms with E-state index < -0.39 is 22.2 Å². The topological polar surface area (TPSA) is 90.0 Å². The molecule has 1 aliphatic heterocycles. The van der Waals surface area contributed by atoms with Crippen LogP contribution in [0.25, 0.3) is 0 Å². The van der Waals surface area contributed by atoms with Crippen LogP contribution in [-0.4, -0.2) is 55.5 Å². The summed E-state index contributed by atoms with van der Waals surface area (Å²) in [5, 5.41) is 10.2. The molecule has 94 valence electrons. The molecule has 0 aromatic rings. The molecular weight excluding hydrogens is 234 g/mol. The van der Waals surface area contributed by atoms with Crippen LogP contribution in [0.15, 0.2) is 0 Å². The van der Waals surface area contributed by atoms with E-state index in [1.807, 2.05) is 0 Å². The number of piperidine rings is 1. The average Bonchev–Trinajstić information content (AvgIpc) is 2.15. The van der Waals surface area contributed by atoms with E-state index in [1.54, 1.807) is 0 Å². The Morgan fingerprint density at radius 2 is 2.06 bits per heavy atom. The standard InChI is InChI=1S/C8H17N3O4S/c1-10(2)9-16(14,15)11-6-4-3-5-7(11)8(12)13/h7,9H,3-6H2,1-2H3,(H,12,13). The molecule has 0 bridgehead atoms. The molecule has 0 spiro atoms. The molecule has 1 aliphatic rings. The van der Waals surface area contributed by atoms with Crippen molar-refractivity contribution in [1.82, 2.24) is 14.1 Å². The van der Waals surface area contributed by atoms with E-state index in [0.29, 0.717) is 12.8 Å². The fourth-order valence-corrected chi connectivity index (χ4v) is 3.19. The van der Waals surface area contributed by atoms with Gasteiger partial charge >= 0.3 is 5.97 Å². The molecule has 0 aromatic heterocycles. The highest BCUT2D eigenvalue weighted by Gasteiger charge is 2.36. The van der Waals surface area contributed by atoms with Gasteiger partial charge < -0.3 is 5.11 Å². The molecule has 7 nitrogen and oxygen atoms in total. The van der Waals surface area contributed by atoms with Crippen LogP contribution in [0.4, 0.5) is 0 Å². The van der Waals surface area contributed by atoms with Crippen LogP contribution in [0.5, 0.6) is 0 Å². The molecule has 8 heteroatoms. The normalized spacial score (nSPS) is 23.6. The first-order valence-corrected chi connectivity index (χ1v) is 6.48. The van der Waals surface area contributed by atoms with Crippen LogP contribution in [-0.2, 0) is 15.0 Å². The highest BCUT2D eigenvalue weighted by molar-refractivity contribution is 7.87. The molecule has 0 amide bonds. The molecule has 16 heavy (non-hydrogen) atoms. The molecule has 2 N–H and O–H groups in total. The van der Waals surface area contributed by atoms with Crippen molar-refractivity contribution in [1.29, 1.82) is 0 Å². The van der Waals surface area contributed by atoms with Crippen molar-refractivity contribution in [2.75, 3.05) is 20.6 Å². The molecule has 1 atom stereocenters. The second-order valence-corrected chi connectivity index (χ2v) is 5.55. The highest BCUT2D eigenvalue weighted by Crippen LogP contribution is 2.19. The van der Waals surface area contributed by atoms with Crippen LogP contribution in [0.2, 0.25) is 0 Å². The quantitative estimate of drug-likeness (QED) is 0.641. The molecule has 1 unspecified atom stereocenters. The molecule has 0 aromatic carbocycles. The fourth-order valence-electron chi connectivity index (χ4n) is 1.72. The zero-order chi connectivity index (χ0) is 12.3. The van der Waals surface area contributed by atoms with Crippen LogP contribution < -0.4 is 4.83 Å². The lowest BCUT2D eigenvalue weighted by Gasteiger charge is -2.32. The molecule has 1 heterocycles. The van der Waals surface area contributed by atoms with Gasteiger partial charge in [0.25, 0.3) is 10.2 Å². The molecule has 1 saturated heterocycles. The maximum Gasteiger partial charge on any atom is 0.322 e. The van der Waals surface area contributed by atoms with Crippen molar-refractivity contribution in [3.63, 3.8) is 0 Å². The number of hydrogen-bond donors (Lipinski definition) is 2. The molecule has 1 fully saturated rings. The van der Waals surface area contributed by atoms with Crippen molar-refractivity contribution < 1.29 is 18.3 Å². The van der Waals surface area contributed by atoms with Crippen molar-refractivity contribution in [3.8, 4) is 0 Å². The van der Waals surface area contributed by atoms with Gasteiger partial charge in [0.2, 0.25) is 0 Å². The Balaban J connectivity index is 2.86. The van der Waals surface area contributed by atoms with E-state index in [2.05, 4.69) is 4.83 Å². The number of nitrogens with zero attached hydrogens (tertiary/aromatic N) is 2. The Morgan fingerprint density at radius 3 is 2.56 bits per heavy atom. The third-order valence-corrected chi connectivity index (χ3v) is 4.00. The van der Waals surface area contributed by atoms with Gasteiger partial charge in [-0.05, 0) is 19.3 Å². The minimum absolute atomic E-state index is 0.250. The molecule has 0 aliphatic carbocycles. The summed E-state index contributed by atoms with van der Waals surface area (Å²) < 4.78 is 24.7. The summed E-state index contributed by atoms with van der Waals surface area (Å²) in [5.74, 6) is -1.09. The third kappa shape index (κ3) is 3.14. The van der Waals surface area contributed by atoms with E-state index >= 15 is 0 Å². The van der Waals surface area contributed by atoms with Crippen LogP contribution in [0.1, 0.15) is 19.3 Å². The maximum atomic E-state index is 11.8. The number of carboxylic acids is 1. The lowest BCUT2D eigenvalue weighted by molar-refractivity contribution is -0.142. The predicted octanol–water partition coefficient (Wildman–Crippen LogP) is -0.763. The summed E-state index contributed by atoms with van der Waals surface area (Å²) >= 11 is 0. The van der Waals surface area contributed by atoms with Crippen LogP contribution >= 0.6 is 0 Å². The van der Waals surface area contributed by atoms with Gasteiger partial charge in [-0.1, -0.05) is 0 Å². The Kier molecular flexibility index (Phi) is 4.25. The number of rotatable bonds is 4. The van der Waals surface area contributed by atoms with Gasteiger partial charge in [-0.3, -0.25) is 4.79 Å². The fraction of sp³-hybridized carbons (Fsp3) is 0.875. The second kappa shape index (κ2) is 5.09. The van der Waals surface area contributed by atoms with Gasteiger partial charge in [0.15, 0.2) is 0 Å². The van der Waals surface area contributed by atoms with E-state index in [4.69, 9.17) is 5.11 Å². The van der Waals surface area contributed by atoms with Gasteiger partial charge in [0.05, 0.1) is 0 Å². The number of aliphatic carboxylic acids is 1. The number of hydrazine groups is 1. The number of hydrogen-bond acceptors (Lipinski definition) is 4. The first kappa shape index (κ1) is 13.4. The third-order valence-electron chi connectivity index (χ3n) is 2.35. The second-order valence-electron chi connectivity index (χ2n) is 3.95. The SMILES string of the molecule is CN(C)NS(=O)(=O)N1CCCCC1C(=O)O. The Labute approximate surface area is 95.2 Å². The number of carboxylic acid groups (broad SMARTS) is 1. The summed E-state index contributed by atoms with van der Waals surface area (Å²) in [6, 6.07) is -0.953. The number of carbonyl (C=O) groups is 1. The van der Waals surface area contributed by atoms with E-state index in [9.17, 15) is 13.2 Å². The van der Waals surface area contributed by atoms with Gasteiger partial charge in [0.1, 0.15) is 6.04 Å². The smallest absolute Gasteiger partial charge is 0.322 e. The Hall–Kier alpha value is -0.700. The lowest BCUT2D eigenvalue weighted by atomic mass is 10.1. The van der Waals surface area contributed by atoms with E-state index in [1.165, 1.54) is 19.1 Å². The summed E-state index contributed by atoms with van der Waals surface area (Å²) in [6.07, 6.45) is 1.80. The summed E-state index contributed by atoms with van der Waals surface area (Å²) in [6.45, 7) is 0.250. The maximum absolute atomic E-state index is 11.8. The van der Waals surface area contributed by atoms with Gasteiger partial charge in [0, 0.05) is 20.6 Å². The Bertz CT molecular complexity index is 354.